The van der Waals surface area contributed by atoms with Crippen LogP contribution in [0.15, 0.2) is 0 Å². The first-order chi connectivity index (χ1) is 7.76. The Morgan fingerprint density at radius 3 is 2.62 bits per heavy atom. The van der Waals surface area contributed by atoms with Crippen LogP contribution in [0.3, 0.4) is 0 Å². The van der Waals surface area contributed by atoms with Gasteiger partial charge in [-0.25, -0.2) is 0 Å². The van der Waals surface area contributed by atoms with Crippen LogP contribution in [0.4, 0.5) is 10.8 Å². The van der Waals surface area contributed by atoms with Crippen LogP contribution in [0.25, 0.3) is 0 Å². The van der Waals surface area contributed by atoms with Crippen molar-refractivity contribution in [1.29, 1.82) is 0 Å². The molecule has 1 aromatic rings. The van der Waals surface area contributed by atoms with Gasteiger partial charge in [0.1, 0.15) is 0 Å². The number of aromatic nitrogens is 1. The maximum atomic E-state index is 5.73. The smallest absolute Gasteiger partial charge is 0.197 e. The first kappa shape index (κ1) is 11.5. The summed E-state index contributed by atoms with van der Waals surface area (Å²) in [6.45, 7) is 1.94. The summed E-state index contributed by atoms with van der Waals surface area (Å²) >= 11 is 1.40. The van der Waals surface area contributed by atoms with Gasteiger partial charge in [-0.1, -0.05) is 0 Å². The Morgan fingerprint density at radius 2 is 2.06 bits per heavy atom. The molecule has 0 radical (unpaired) electrons. The molecule has 2 N–H and O–H groups in total. The Kier molecular flexibility index (Phi) is 3.50. The summed E-state index contributed by atoms with van der Waals surface area (Å²) in [5.74, 6) is 1.19. The SMILES string of the molecule is COc1c(N)nsc1N1CCC(OC)CC1. The largest absolute Gasteiger partial charge is 0.490 e. The van der Waals surface area contributed by atoms with Gasteiger partial charge in [0.05, 0.1) is 13.2 Å². The summed E-state index contributed by atoms with van der Waals surface area (Å²) in [4.78, 5) is 2.27. The Bertz CT molecular complexity index is 348. The molecule has 1 aliphatic heterocycles. The molecule has 0 atom stereocenters. The number of anilines is 2. The fourth-order valence-corrected chi connectivity index (χ4v) is 2.81. The summed E-state index contributed by atoms with van der Waals surface area (Å²) in [5, 5.41) is 1.04. The summed E-state index contributed by atoms with van der Waals surface area (Å²) in [7, 11) is 3.40. The fraction of sp³-hybridized carbons (Fsp3) is 0.700. The van der Waals surface area contributed by atoms with Gasteiger partial charge in [-0.05, 0) is 24.4 Å². The summed E-state index contributed by atoms with van der Waals surface area (Å²) in [6, 6.07) is 0. The quantitative estimate of drug-likeness (QED) is 0.868. The maximum absolute atomic E-state index is 5.73. The van der Waals surface area contributed by atoms with E-state index in [2.05, 4.69) is 9.27 Å². The van der Waals surface area contributed by atoms with E-state index in [0.717, 1.165) is 30.9 Å². The van der Waals surface area contributed by atoms with Crippen molar-refractivity contribution in [1.82, 2.24) is 4.37 Å². The highest BCUT2D eigenvalue weighted by Crippen LogP contribution is 2.39. The van der Waals surface area contributed by atoms with E-state index in [1.54, 1.807) is 14.2 Å². The lowest BCUT2D eigenvalue weighted by Crippen LogP contribution is -2.36. The third-order valence-corrected chi connectivity index (χ3v) is 3.83. The molecule has 0 aromatic carbocycles. The number of nitrogens with zero attached hydrogens (tertiary/aromatic N) is 2. The molecule has 5 nitrogen and oxygen atoms in total. The van der Waals surface area contributed by atoms with Gasteiger partial charge in [-0.3, -0.25) is 0 Å². The molecule has 6 heteroatoms. The zero-order valence-corrected chi connectivity index (χ0v) is 10.4. The molecule has 0 aliphatic carbocycles. The van der Waals surface area contributed by atoms with Crippen LogP contribution >= 0.6 is 11.5 Å². The molecule has 16 heavy (non-hydrogen) atoms. The minimum absolute atomic E-state index is 0.382. The zero-order valence-electron chi connectivity index (χ0n) is 9.60. The number of hydrogen-bond acceptors (Lipinski definition) is 6. The van der Waals surface area contributed by atoms with Gasteiger partial charge in [0, 0.05) is 20.2 Å². The van der Waals surface area contributed by atoms with Crippen LogP contribution in [-0.2, 0) is 4.74 Å². The van der Waals surface area contributed by atoms with Crippen molar-refractivity contribution in [3.63, 3.8) is 0 Å². The van der Waals surface area contributed by atoms with E-state index in [0.29, 0.717) is 17.7 Å². The second-order valence-corrected chi connectivity index (χ2v) is 4.58. The molecule has 1 saturated heterocycles. The minimum Gasteiger partial charge on any atom is -0.490 e. The van der Waals surface area contributed by atoms with Gasteiger partial charge in [0.25, 0.3) is 0 Å². The van der Waals surface area contributed by atoms with Gasteiger partial charge < -0.3 is 20.1 Å². The fourth-order valence-electron chi connectivity index (χ4n) is 1.97. The lowest BCUT2D eigenvalue weighted by molar-refractivity contribution is 0.0819. The monoisotopic (exact) mass is 243 g/mol. The number of nitrogen functional groups attached to an aromatic ring is 1. The van der Waals surface area contributed by atoms with E-state index in [4.69, 9.17) is 15.2 Å². The van der Waals surface area contributed by atoms with E-state index in [9.17, 15) is 0 Å². The van der Waals surface area contributed by atoms with Crippen LogP contribution in [0.2, 0.25) is 0 Å². The van der Waals surface area contributed by atoms with E-state index in [1.807, 2.05) is 0 Å². The number of methoxy groups -OCH3 is 2. The Balaban J connectivity index is 2.08. The van der Waals surface area contributed by atoms with E-state index in [1.165, 1.54) is 11.5 Å². The normalized spacial score (nSPS) is 17.8. The Hall–Kier alpha value is -1.01. The summed E-state index contributed by atoms with van der Waals surface area (Å²) < 4.78 is 14.7. The van der Waals surface area contributed by atoms with Crippen LogP contribution in [-0.4, -0.2) is 37.8 Å². The second-order valence-electron chi connectivity index (χ2n) is 3.83. The molecule has 0 spiro atoms. The zero-order chi connectivity index (χ0) is 11.5. The van der Waals surface area contributed by atoms with Crippen molar-refractivity contribution in [2.24, 2.45) is 0 Å². The van der Waals surface area contributed by atoms with Crippen molar-refractivity contribution < 1.29 is 9.47 Å². The molecule has 0 bridgehead atoms. The predicted molar refractivity (Wildman–Crippen MR) is 65.3 cm³/mol. The van der Waals surface area contributed by atoms with Gasteiger partial charge in [-0.2, -0.15) is 4.37 Å². The number of nitrogens with two attached hydrogens (primary N) is 1. The van der Waals surface area contributed by atoms with Gasteiger partial charge >= 0.3 is 0 Å². The van der Waals surface area contributed by atoms with Crippen molar-refractivity contribution >= 4 is 22.4 Å². The third-order valence-electron chi connectivity index (χ3n) is 2.92. The number of hydrogen-bond donors (Lipinski definition) is 1. The Labute approximate surface area is 99.3 Å². The highest BCUT2D eigenvalue weighted by Gasteiger charge is 2.24. The van der Waals surface area contributed by atoms with Gasteiger partial charge in [-0.15, -0.1) is 0 Å². The predicted octanol–water partition coefficient (Wildman–Crippen LogP) is 1.35. The van der Waals surface area contributed by atoms with Gasteiger partial charge in [0.15, 0.2) is 16.6 Å². The van der Waals surface area contributed by atoms with Crippen molar-refractivity contribution in [2.45, 2.75) is 18.9 Å². The third kappa shape index (κ3) is 2.08. The molecule has 1 aromatic heterocycles. The summed E-state index contributed by atoms with van der Waals surface area (Å²) in [6.07, 6.45) is 2.46. The van der Waals surface area contributed by atoms with Gasteiger partial charge in [0.2, 0.25) is 0 Å². The molecule has 90 valence electrons. The average molecular weight is 243 g/mol. The summed E-state index contributed by atoms with van der Waals surface area (Å²) in [5.41, 5.74) is 5.73. The molecule has 0 unspecified atom stereocenters. The van der Waals surface area contributed by atoms with Crippen molar-refractivity contribution in [2.75, 3.05) is 37.9 Å². The molecule has 0 amide bonds. The molecule has 1 fully saturated rings. The molecular weight excluding hydrogens is 226 g/mol. The van der Waals surface area contributed by atoms with Crippen molar-refractivity contribution in [3.8, 4) is 5.75 Å². The highest BCUT2D eigenvalue weighted by molar-refractivity contribution is 7.11. The van der Waals surface area contributed by atoms with E-state index < -0.39 is 0 Å². The lowest BCUT2D eigenvalue weighted by Gasteiger charge is -2.31. The number of rotatable bonds is 3. The minimum atomic E-state index is 0.382. The first-order valence-electron chi connectivity index (χ1n) is 5.33. The second kappa shape index (κ2) is 4.88. The van der Waals surface area contributed by atoms with Crippen LogP contribution in [0, 0.1) is 0 Å². The highest BCUT2D eigenvalue weighted by atomic mass is 32.1. The van der Waals surface area contributed by atoms with Crippen LogP contribution in [0.5, 0.6) is 5.75 Å². The molecular formula is C10H17N3O2S. The standard InChI is InChI=1S/C10H17N3O2S/c1-14-7-3-5-13(6-4-7)10-8(15-2)9(11)12-16-10/h7H,3-6H2,1-2H3,(H2,11,12). The molecule has 2 rings (SSSR count). The maximum Gasteiger partial charge on any atom is 0.197 e. The molecule has 0 saturated carbocycles. The average Bonchev–Trinajstić information content (AvgIpc) is 2.70. The van der Waals surface area contributed by atoms with E-state index in [-0.39, 0.29) is 0 Å². The molecule has 2 heterocycles. The lowest BCUT2D eigenvalue weighted by atomic mass is 10.1. The number of piperidine rings is 1. The molecule has 1 aliphatic rings. The van der Waals surface area contributed by atoms with Crippen LogP contribution in [0.1, 0.15) is 12.8 Å². The van der Waals surface area contributed by atoms with Crippen molar-refractivity contribution in [3.05, 3.63) is 0 Å². The topological polar surface area (TPSA) is 60.6 Å². The first-order valence-corrected chi connectivity index (χ1v) is 6.10. The van der Waals surface area contributed by atoms with Crippen LogP contribution < -0.4 is 15.4 Å². The van der Waals surface area contributed by atoms with E-state index >= 15 is 0 Å². The Morgan fingerprint density at radius 1 is 1.38 bits per heavy atom. The number of ether oxygens (including phenoxy) is 2.